The van der Waals surface area contributed by atoms with Crippen molar-refractivity contribution in [2.24, 2.45) is 5.41 Å². The number of benzene rings is 1. The number of nitrogens with zero attached hydrogens (tertiary/aromatic N) is 2. The number of anilines is 2. The van der Waals surface area contributed by atoms with Crippen molar-refractivity contribution in [2.45, 2.75) is 46.6 Å². The highest BCUT2D eigenvalue weighted by atomic mass is 19.1. The van der Waals surface area contributed by atoms with Gasteiger partial charge in [-0.2, -0.15) is 0 Å². The second kappa shape index (κ2) is 10.2. The fourth-order valence-electron chi connectivity index (χ4n) is 2.74. The van der Waals surface area contributed by atoms with Crippen LogP contribution in [0.2, 0.25) is 0 Å². The van der Waals surface area contributed by atoms with Gasteiger partial charge in [-0.05, 0) is 55.2 Å². The molecule has 1 aromatic carbocycles. The predicted octanol–water partition coefficient (Wildman–Crippen LogP) is 4.37. The summed E-state index contributed by atoms with van der Waals surface area (Å²) in [5.74, 6) is 0.413. The molecule has 0 spiro atoms. The molecule has 0 bridgehead atoms. The van der Waals surface area contributed by atoms with Gasteiger partial charge < -0.3 is 15.3 Å². The quantitative estimate of drug-likeness (QED) is 0.627. The van der Waals surface area contributed by atoms with Crippen LogP contribution in [0, 0.1) is 11.2 Å². The fraction of sp³-hybridized carbons (Fsp3) is 0.455. The second-order valence-corrected chi connectivity index (χ2v) is 7.88. The molecule has 2 N–H and O–H groups in total. The molecule has 28 heavy (non-hydrogen) atoms. The standard InChI is InChI=1S/C22H30FN3O2/c1-22(2,3)21(28)26(19-10-8-18(23)9-11-19)16-17-7-12-20(25-15-17)24-13-5-4-6-14-27/h7-12,15,27H,4-6,13-14,16H2,1-3H3,(H,24,25). The topological polar surface area (TPSA) is 65.5 Å². The first-order valence-corrected chi connectivity index (χ1v) is 9.68. The maximum Gasteiger partial charge on any atom is 0.232 e. The normalized spacial score (nSPS) is 11.3. The first kappa shape index (κ1) is 21.8. The van der Waals surface area contributed by atoms with Crippen molar-refractivity contribution in [1.82, 2.24) is 4.98 Å². The van der Waals surface area contributed by atoms with Crippen LogP contribution in [0.3, 0.4) is 0 Å². The first-order valence-electron chi connectivity index (χ1n) is 9.68. The van der Waals surface area contributed by atoms with Gasteiger partial charge in [0.05, 0.1) is 6.54 Å². The fourth-order valence-corrected chi connectivity index (χ4v) is 2.74. The van der Waals surface area contributed by atoms with Crippen LogP contribution < -0.4 is 10.2 Å². The van der Waals surface area contributed by atoms with Crippen molar-refractivity contribution in [3.63, 3.8) is 0 Å². The van der Waals surface area contributed by atoms with Crippen molar-refractivity contribution in [3.8, 4) is 0 Å². The van der Waals surface area contributed by atoms with E-state index >= 15 is 0 Å². The molecule has 1 aromatic heterocycles. The summed E-state index contributed by atoms with van der Waals surface area (Å²) in [6, 6.07) is 9.80. The number of amides is 1. The number of hydrogen-bond donors (Lipinski definition) is 2. The van der Waals surface area contributed by atoms with Crippen LogP contribution in [0.15, 0.2) is 42.6 Å². The van der Waals surface area contributed by atoms with Crippen LogP contribution in [-0.2, 0) is 11.3 Å². The van der Waals surface area contributed by atoms with Crippen molar-refractivity contribution >= 4 is 17.4 Å². The zero-order chi connectivity index (χ0) is 20.6. The molecule has 2 aromatic rings. The van der Waals surface area contributed by atoms with Crippen LogP contribution >= 0.6 is 0 Å². The summed E-state index contributed by atoms with van der Waals surface area (Å²) in [6.07, 6.45) is 4.52. The lowest BCUT2D eigenvalue weighted by molar-refractivity contribution is -0.125. The van der Waals surface area contributed by atoms with E-state index in [1.54, 1.807) is 23.2 Å². The van der Waals surface area contributed by atoms with E-state index in [1.165, 1.54) is 12.1 Å². The highest BCUT2D eigenvalue weighted by Crippen LogP contribution is 2.25. The van der Waals surface area contributed by atoms with E-state index in [2.05, 4.69) is 10.3 Å². The Morgan fingerprint density at radius 1 is 1.11 bits per heavy atom. The van der Waals surface area contributed by atoms with Gasteiger partial charge in [0.2, 0.25) is 5.91 Å². The SMILES string of the molecule is CC(C)(C)C(=O)N(Cc1ccc(NCCCCCO)nc1)c1ccc(F)cc1. The molecule has 0 aliphatic rings. The van der Waals surface area contributed by atoms with Gasteiger partial charge in [0.1, 0.15) is 11.6 Å². The number of pyridine rings is 1. The summed E-state index contributed by atoms with van der Waals surface area (Å²) in [6.45, 7) is 7.00. The lowest BCUT2D eigenvalue weighted by Crippen LogP contribution is -2.39. The second-order valence-electron chi connectivity index (χ2n) is 7.88. The first-order chi connectivity index (χ1) is 13.3. The van der Waals surface area contributed by atoms with E-state index in [0.29, 0.717) is 12.2 Å². The molecule has 2 rings (SSSR count). The van der Waals surface area contributed by atoms with Crippen molar-refractivity contribution in [3.05, 3.63) is 54.0 Å². The number of hydrogen-bond acceptors (Lipinski definition) is 4. The summed E-state index contributed by atoms with van der Waals surface area (Å²) in [4.78, 5) is 19.0. The average Bonchev–Trinajstić information content (AvgIpc) is 2.66. The Kier molecular flexibility index (Phi) is 7.93. The van der Waals surface area contributed by atoms with Gasteiger partial charge in [-0.15, -0.1) is 0 Å². The Morgan fingerprint density at radius 2 is 1.82 bits per heavy atom. The Bertz CT molecular complexity index is 740. The van der Waals surface area contributed by atoms with Crippen LogP contribution in [-0.4, -0.2) is 29.1 Å². The maximum atomic E-state index is 13.3. The van der Waals surface area contributed by atoms with E-state index in [0.717, 1.165) is 37.2 Å². The van der Waals surface area contributed by atoms with Crippen LogP contribution in [0.25, 0.3) is 0 Å². The molecule has 0 saturated heterocycles. The summed E-state index contributed by atoms with van der Waals surface area (Å²) in [5.41, 5.74) is 0.998. The van der Waals surface area contributed by atoms with E-state index in [1.807, 2.05) is 32.9 Å². The van der Waals surface area contributed by atoms with E-state index in [-0.39, 0.29) is 18.3 Å². The van der Waals surface area contributed by atoms with Crippen LogP contribution in [0.5, 0.6) is 0 Å². The minimum Gasteiger partial charge on any atom is -0.396 e. The third-order valence-electron chi connectivity index (χ3n) is 4.33. The van der Waals surface area contributed by atoms with Gasteiger partial charge in [0.15, 0.2) is 0 Å². The third-order valence-corrected chi connectivity index (χ3v) is 4.33. The zero-order valence-corrected chi connectivity index (χ0v) is 16.9. The van der Waals surface area contributed by atoms with E-state index in [9.17, 15) is 9.18 Å². The molecule has 0 radical (unpaired) electrons. The molecule has 0 unspecified atom stereocenters. The molecular weight excluding hydrogens is 357 g/mol. The summed E-state index contributed by atoms with van der Waals surface area (Å²) >= 11 is 0. The predicted molar refractivity (Wildman–Crippen MR) is 111 cm³/mol. The Morgan fingerprint density at radius 3 is 2.39 bits per heavy atom. The number of rotatable bonds is 9. The molecule has 0 saturated carbocycles. The molecule has 1 amide bonds. The molecular formula is C22H30FN3O2. The van der Waals surface area contributed by atoms with Gasteiger partial charge in [0, 0.05) is 30.5 Å². The van der Waals surface area contributed by atoms with Crippen molar-refractivity contribution < 1.29 is 14.3 Å². The smallest absolute Gasteiger partial charge is 0.232 e. The Hall–Kier alpha value is -2.47. The average molecular weight is 387 g/mol. The van der Waals surface area contributed by atoms with Gasteiger partial charge in [-0.1, -0.05) is 26.8 Å². The molecule has 0 aliphatic heterocycles. The van der Waals surface area contributed by atoms with E-state index in [4.69, 9.17) is 5.11 Å². The Labute approximate surface area is 166 Å². The number of aliphatic hydroxyl groups is 1. The van der Waals surface area contributed by atoms with Crippen molar-refractivity contribution in [1.29, 1.82) is 0 Å². The number of carbonyl (C=O) groups is 1. The molecule has 0 atom stereocenters. The number of nitrogens with one attached hydrogen (secondary N) is 1. The number of aliphatic hydroxyl groups excluding tert-OH is 1. The molecule has 1 heterocycles. The lowest BCUT2D eigenvalue weighted by atomic mass is 9.94. The molecule has 0 aliphatic carbocycles. The zero-order valence-electron chi connectivity index (χ0n) is 16.9. The summed E-state index contributed by atoms with van der Waals surface area (Å²) in [7, 11) is 0. The molecule has 6 heteroatoms. The van der Waals surface area contributed by atoms with Gasteiger partial charge in [-0.3, -0.25) is 4.79 Å². The van der Waals surface area contributed by atoms with Crippen molar-refractivity contribution in [2.75, 3.05) is 23.4 Å². The highest BCUT2D eigenvalue weighted by molar-refractivity contribution is 5.96. The number of carbonyl (C=O) groups excluding carboxylic acids is 1. The summed E-state index contributed by atoms with van der Waals surface area (Å²) < 4.78 is 13.3. The largest absolute Gasteiger partial charge is 0.396 e. The number of aromatic nitrogens is 1. The highest BCUT2D eigenvalue weighted by Gasteiger charge is 2.28. The van der Waals surface area contributed by atoms with Gasteiger partial charge in [-0.25, -0.2) is 9.37 Å². The minimum atomic E-state index is -0.558. The minimum absolute atomic E-state index is 0.0369. The van der Waals surface area contributed by atoms with Gasteiger partial charge in [0.25, 0.3) is 0 Å². The van der Waals surface area contributed by atoms with Crippen LogP contribution in [0.1, 0.15) is 45.6 Å². The van der Waals surface area contributed by atoms with Gasteiger partial charge >= 0.3 is 0 Å². The maximum absolute atomic E-state index is 13.3. The number of unbranched alkanes of at least 4 members (excludes halogenated alkanes) is 2. The molecule has 152 valence electrons. The monoisotopic (exact) mass is 387 g/mol. The Balaban J connectivity index is 2.07. The summed E-state index contributed by atoms with van der Waals surface area (Å²) in [5, 5.41) is 12.0. The van der Waals surface area contributed by atoms with Crippen LogP contribution in [0.4, 0.5) is 15.9 Å². The molecule has 5 nitrogen and oxygen atoms in total. The molecule has 0 fully saturated rings. The number of halogens is 1. The lowest BCUT2D eigenvalue weighted by Gasteiger charge is -2.29. The van der Waals surface area contributed by atoms with E-state index < -0.39 is 5.41 Å². The third kappa shape index (κ3) is 6.60.